The fourth-order valence-corrected chi connectivity index (χ4v) is 3.78. The molecule has 1 aliphatic carbocycles. The number of halogens is 1. The summed E-state index contributed by atoms with van der Waals surface area (Å²) in [5.74, 6) is -1.53. The Labute approximate surface area is 124 Å². The predicted molar refractivity (Wildman–Crippen MR) is 77.5 cm³/mol. The highest BCUT2D eigenvalue weighted by atomic mass is 79.9. The number of carboxylic acid groups (broad SMARTS) is 1. The van der Waals surface area contributed by atoms with Gasteiger partial charge in [-0.2, -0.15) is 0 Å². The lowest BCUT2D eigenvalue weighted by Gasteiger charge is -2.39. The highest BCUT2D eigenvalue weighted by Gasteiger charge is 2.42. The lowest BCUT2D eigenvalue weighted by Crippen LogP contribution is -2.55. The van der Waals surface area contributed by atoms with E-state index in [1.807, 2.05) is 6.92 Å². The van der Waals surface area contributed by atoms with E-state index in [2.05, 4.69) is 21.2 Å². The molecule has 1 aromatic rings. The zero-order valence-corrected chi connectivity index (χ0v) is 13.0. The fraction of sp³-hybridized carbons (Fsp3) is 0.538. The zero-order chi connectivity index (χ0) is 14.0. The third kappa shape index (κ3) is 3.17. The van der Waals surface area contributed by atoms with Gasteiger partial charge < -0.3 is 10.4 Å². The van der Waals surface area contributed by atoms with Gasteiger partial charge >= 0.3 is 5.97 Å². The molecule has 104 valence electrons. The number of thiophene rings is 1. The van der Waals surface area contributed by atoms with Crippen LogP contribution >= 0.6 is 27.3 Å². The van der Waals surface area contributed by atoms with Crippen molar-refractivity contribution in [3.8, 4) is 0 Å². The Bertz CT molecular complexity index is 502. The Balaban J connectivity index is 2.15. The van der Waals surface area contributed by atoms with Crippen LogP contribution in [0.15, 0.2) is 15.2 Å². The van der Waals surface area contributed by atoms with Gasteiger partial charge in [0.1, 0.15) is 0 Å². The molecule has 1 aliphatic rings. The van der Waals surface area contributed by atoms with Crippen molar-refractivity contribution in [2.24, 2.45) is 5.92 Å². The Morgan fingerprint density at radius 2 is 2.26 bits per heavy atom. The monoisotopic (exact) mass is 345 g/mol. The molecule has 0 radical (unpaired) electrons. The van der Waals surface area contributed by atoms with Gasteiger partial charge in [0.15, 0.2) is 0 Å². The average Bonchev–Trinajstić information content (AvgIpc) is 2.75. The minimum atomic E-state index is -0.825. The molecular weight excluding hydrogens is 330 g/mol. The van der Waals surface area contributed by atoms with Gasteiger partial charge in [-0.15, -0.1) is 11.3 Å². The summed E-state index contributed by atoms with van der Waals surface area (Å²) in [6, 6.07) is 1.75. The molecule has 1 saturated carbocycles. The Kier molecular flexibility index (Phi) is 4.30. The second-order valence-electron chi connectivity index (χ2n) is 5.15. The topological polar surface area (TPSA) is 66.4 Å². The molecule has 1 aromatic heterocycles. The van der Waals surface area contributed by atoms with Gasteiger partial charge in [-0.25, -0.2) is 0 Å². The molecular formula is C13H16BrNO3S. The number of carbonyl (C=O) groups excluding carboxylic acids is 1. The van der Waals surface area contributed by atoms with Crippen molar-refractivity contribution in [2.75, 3.05) is 0 Å². The van der Waals surface area contributed by atoms with E-state index >= 15 is 0 Å². The van der Waals surface area contributed by atoms with E-state index in [1.54, 1.807) is 11.4 Å². The van der Waals surface area contributed by atoms with Gasteiger partial charge in [-0.1, -0.05) is 12.8 Å². The fourth-order valence-electron chi connectivity index (χ4n) is 2.64. The van der Waals surface area contributed by atoms with Crippen molar-refractivity contribution in [1.29, 1.82) is 0 Å². The van der Waals surface area contributed by atoms with E-state index in [-0.39, 0.29) is 5.91 Å². The van der Waals surface area contributed by atoms with Crippen LogP contribution in [0.2, 0.25) is 0 Å². The second kappa shape index (κ2) is 5.63. The number of hydrogen-bond acceptors (Lipinski definition) is 3. The van der Waals surface area contributed by atoms with Gasteiger partial charge in [0, 0.05) is 5.38 Å². The molecule has 0 bridgehead atoms. The summed E-state index contributed by atoms with van der Waals surface area (Å²) in [5.41, 5.74) is -0.0805. The normalized spacial score (nSPS) is 26.9. The van der Waals surface area contributed by atoms with Crippen LogP contribution in [0.5, 0.6) is 0 Å². The number of rotatable bonds is 3. The van der Waals surface area contributed by atoms with Crippen molar-refractivity contribution >= 4 is 39.1 Å². The number of carbonyl (C=O) groups is 2. The van der Waals surface area contributed by atoms with Gasteiger partial charge in [-0.3, -0.25) is 9.59 Å². The first kappa shape index (κ1) is 14.5. The molecule has 2 N–H and O–H groups in total. The van der Waals surface area contributed by atoms with Crippen molar-refractivity contribution in [3.63, 3.8) is 0 Å². The van der Waals surface area contributed by atoms with Crippen LogP contribution in [0.25, 0.3) is 0 Å². The first-order chi connectivity index (χ1) is 8.92. The smallest absolute Gasteiger partial charge is 0.308 e. The highest BCUT2D eigenvalue weighted by Crippen LogP contribution is 2.34. The summed E-state index contributed by atoms with van der Waals surface area (Å²) >= 11 is 4.76. The molecule has 0 aliphatic heterocycles. The molecule has 2 unspecified atom stereocenters. The van der Waals surface area contributed by atoms with E-state index in [0.717, 1.165) is 16.6 Å². The predicted octanol–water partition coefficient (Wildman–Crippen LogP) is 3.27. The molecule has 2 atom stereocenters. The third-order valence-corrected chi connectivity index (χ3v) is 5.24. The van der Waals surface area contributed by atoms with Crippen molar-refractivity contribution < 1.29 is 14.7 Å². The molecule has 6 heteroatoms. The number of hydrogen-bond donors (Lipinski definition) is 2. The minimum absolute atomic E-state index is 0.197. The van der Waals surface area contributed by atoms with Crippen molar-refractivity contribution in [2.45, 2.75) is 38.1 Å². The average molecular weight is 346 g/mol. The van der Waals surface area contributed by atoms with E-state index in [0.29, 0.717) is 18.4 Å². The van der Waals surface area contributed by atoms with Crippen LogP contribution in [-0.4, -0.2) is 22.5 Å². The van der Waals surface area contributed by atoms with E-state index in [4.69, 9.17) is 0 Å². The quantitative estimate of drug-likeness (QED) is 0.883. The van der Waals surface area contributed by atoms with Gasteiger partial charge in [0.05, 0.1) is 20.8 Å². The van der Waals surface area contributed by atoms with Gasteiger partial charge in [0.25, 0.3) is 5.91 Å². The van der Waals surface area contributed by atoms with Crippen LogP contribution in [0.1, 0.15) is 43.0 Å². The molecule has 19 heavy (non-hydrogen) atoms. The second-order valence-corrected chi connectivity index (χ2v) is 7.44. The van der Waals surface area contributed by atoms with Crippen molar-refractivity contribution in [1.82, 2.24) is 5.32 Å². The largest absolute Gasteiger partial charge is 0.481 e. The molecule has 0 saturated heterocycles. The number of aliphatic carboxylic acids is 1. The summed E-state index contributed by atoms with van der Waals surface area (Å²) < 4.78 is 0.890. The molecule has 1 amide bonds. The zero-order valence-electron chi connectivity index (χ0n) is 10.6. The summed E-state index contributed by atoms with van der Waals surface area (Å²) in [6.45, 7) is 1.84. The molecule has 2 rings (SSSR count). The molecule has 0 aromatic carbocycles. The lowest BCUT2D eigenvalue weighted by molar-refractivity contribution is -0.145. The first-order valence-corrected chi connectivity index (χ1v) is 7.89. The number of carboxylic acids is 1. The van der Waals surface area contributed by atoms with Crippen LogP contribution in [0, 0.1) is 5.92 Å². The maximum Gasteiger partial charge on any atom is 0.308 e. The summed E-state index contributed by atoms with van der Waals surface area (Å²) in [4.78, 5) is 23.5. The van der Waals surface area contributed by atoms with Crippen LogP contribution in [0.3, 0.4) is 0 Å². The van der Waals surface area contributed by atoms with E-state index in [1.165, 1.54) is 11.3 Å². The number of amides is 1. The number of nitrogens with one attached hydrogen (secondary N) is 1. The summed E-state index contributed by atoms with van der Waals surface area (Å²) in [5, 5.41) is 14.0. The molecule has 4 nitrogen and oxygen atoms in total. The standard InChI is InChI=1S/C13H16BrNO3S/c1-13(5-3-2-4-9(13)12(17)18)15-11(16)8-6-10(14)19-7-8/h6-7,9H,2-5H2,1H3,(H,15,16)(H,17,18). The highest BCUT2D eigenvalue weighted by molar-refractivity contribution is 9.11. The van der Waals surface area contributed by atoms with Crippen LogP contribution in [0.4, 0.5) is 0 Å². The summed E-state index contributed by atoms with van der Waals surface area (Å²) in [7, 11) is 0. The maximum absolute atomic E-state index is 12.2. The minimum Gasteiger partial charge on any atom is -0.481 e. The molecule has 0 spiro atoms. The van der Waals surface area contributed by atoms with Crippen molar-refractivity contribution in [3.05, 3.63) is 20.8 Å². The van der Waals surface area contributed by atoms with E-state index in [9.17, 15) is 14.7 Å². The summed E-state index contributed by atoms with van der Waals surface area (Å²) in [6.07, 6.45) is 3.20. The Hall–Kier alpha value is -0.880. The molecule has 1 heterocycles. The maximum atomic E-state index is 12.2. The van der Waals surface area contributed by atoms with Gasteiger partial charge in [-0.05, 0) is 41.8 Å². The van der Waals surface area contributed by atoms with E-state index < -0.39 is 17.4 Å². The first-order valence-electron chi connectivity index (χ1n) is 6.22. The molecule has 1 fully saturated rings. The lowest BCUT2D eigenvalue weighted by atomic mass is 9.74. The SMILES string of the molecule is CC1(NC(=O)c2csc(Br)c2)CCCCC1C(=O)O. The van der Waals surface area contributed by atoms with Gasteiger partial charge in [0.2, 0.25) is 0 Å². The Morgan fingerprint density at radius 3 is 2.84 bits per heavy atom. The van der Waals surface area contributed by atoms with Crippen LogP contribution in [-0.2, 0) is 4.79 Å². The Morgan fingerprint density at radius 1 is 1.53 bits per heavy atom. The third-order valence-electron chi connectivity index (χ3n) is 3.73. The van der Waals surface area contributed by atoms with Crippen LogP contribution < -0.4 is 5.32 Å².